The molecule has 2 nitrogen and oxygen atoms in total. The van der Waals surface area contributed by atoms with Crippen molar-refractivity contribution in [3.63, 3.8) is 0 Å². The molecule has 0 atom stereocenters. The Kier molecular flexibility index (Phi) is 12.9. The van der Waals surface area contributed by atoms with Crippen molar-refractivity contribution in [3.8, 4) is 0 Å². The molecule has 0 radical (unpaired) electrons. The summed E-state index contributed by atoms with van der Waals surface area (Å²) in [4.78, 5) is 7.30. The van der Waals surface area contributed by atoms with Crippen molar-refractivity contribution in [2.24, 2.45) is 9.98 Å². The first-order chi connectivity index (χ1) is 3.91. The van der Waals surface area contributed by atoms with Crippen LogP contribution < -0.4 is 0 Å². The Labute approximate surface area is 61.8 Å². The maximum absolute atomic E-state index is 3.84. The molecule has 0 aliphatic rings. The van der Waals surface area contributed by atoms with E-state index in [-0.39, 0.29) is 12.4 Å². The highest BCUT2D eigenvalue weighted by Gasteiger charge is 1.59. The first-order valence-electron chi connectivity index (χ1n) is 2.54. The molecule has 0 aromatic carbocycles. The topological polar surface area (TPSA) is 24.7 Å². The van der Waals surface area contributed by atoms with Crippen LogP contribution in [0.2, 0.25) is 0 Å². The van der Waals surface area contributed by atoms with E-state index in [0.29, 0.717) is 0 Å². The molecule has 0 heterocycles. The lowest BCUT2D eigenvalue weighted by molar-refractivity contribution is 1.31. The molecule has 0 saturated carbocycles. The highest BCUT2D eigenvalue weighted by atomic mass is 35.5. The number of nitrogens with zero attached hydrogens (tertiary/aromatic N) is 2. The van der Waals surface area contributed by atoms with Gasteiger partial charge in [-0.15, -0.1) is 12.4 Å². The van der Waals surface area contributed by atoms with Gasteiger partial charge in [0.2, 0.25) is 0 Å². The van der Waals surface area contributed by atoms with Crippen molar-refractivity contribution in [2.75, 3.05) is 0 Å². The van der Waals surface area contributed by atoms with E-state index >= 15 is 0 Å². The summed E-state index contributed by atoms with van der Waals surface area (Å²) < 4.78 is 0. The molecule has 0 saturated heterocycles. The van der Waals surface area contributed by atoms with Gasteiger partial charge in [-0.05, 0) is 13.1 Å². The second-order valence-corrected chi connectivity index (χ2v) is 1.22. The molecule has 0 unspecified atom stereocenters. The summed E-state index contributed by atoms with van der Waals surface area (Å²) in [7, 11) is 0. The predicted molar refractivity (Wildman–Crippen MR) is 44.7 cm³/mol. The number of aliphatic imine (C=N–C) groups is 2. The highest BCUT2D eigenvalue weighted by molar-refractivity contribution is 5.85. The molecule has 0 aliphatic heterocycles. The second kappa shape index (κ2) is 10.4. The molecule has 52 valence electrons. The lowest BCUT2D eigenvalue weighted by Gasteiger charge is -1.72. The molecule has 0 bridgehead atoms. The van der Waals surface area contributed by atoms with E-state index in [1.165, 1.54) is 0 Å². The van der Waals surface area contributed by atoms with Crippen LogP contribution in [0.1, 0.15) is 13.3 Å². The minimum Gasteiger partial charge on any atom is -0.271 e. The van der Waals surface area contributed by atoms with Crippen LogP contribution in [-0.2, 0) is 0 Å². The molecule has 0 aromatic heterocycles. The molecule has 0 aromatic rings. The van der Waals surface area contributed by atoms with Crippen molar-refractivity contribution in [1.29, 1.82) is 0 Å². The molecule has 0 spiro atoms. The fourth-order valence-electron chi connectivity index (χ4n) is 0.252. The Bertz CT molecular complexity index is 108. The van der Waals surface area contributed by atoms with E-state index in [9.17, 15) is 0 Å². The summed E-state index contributed by atoms with van der Waals surface area (Å²) in [5, 5.41) is 0. The molecular formula is C6H11ClN2. The van der Waals surface area contributed by atoms with Gasteiger partial charge in [-0.2, -0.15) is 0 Å². The van der Waals surface area contributed by atoms with Crippen LogP contribution >= 0.6 is 12.4 Å². The van der Waals surface area contributed by atoms with Gasteiger partial charge in [0.05, 0.1) is 0 Å². The maximum atomic E-state index is 3.84. The van der Waals surface area contributed by atoms with E-state index in [0.717, 1.165) is 6.42 Å². The van der Waals surface area contributed by atoms with Gasteiger partial charge in [0.1, 0.15) is 0 Å². The zero-order valence-corrected chi connectivity index (χ0v) is 6.27. The first-order valence-corrected chi connectivity index (χ1v) is 2.54. The van der Waals surface area contributed by atoms with Crippen LogP contribution in [0.25, 0.3) is 0 Å². The quantitative estimate of drug-likeness (QED) is 0.545. The number of rotatable bonds is 3. The number of halogens is 1. The summed E-state index contributed by atoms with van der Waals surface area (Å²) >= 11 is 0. The van der Waals surface area contributed by atoms with Gasteiger partial charge >= 0.3 is 0 Å². The largest absolute Gasteiger partial charge is 0.271 e. The second-order valence-electron chi connectivity index (χ2n) is 1.22. The molecule has 0 fully saturated rings. The lowest BCUT2D eigenvalue weighted by atomic mass is 10.5. The molecule has 0 amide bonds. The zero-order valence-electron chi connectivity index (χ0n) is 5.45. The third-order valence-electron chi connectivity index (χ3n) is 0.546. The van der Waals surface area contributed by atoms with Gasteiger partial charge in [-0.1, -0.05) is 6.92 Å². The maximum Gasteiger partial charge on any atom is 0.0446 e. The van der Waals surface area contributed by atoms with Crippen LogP contribution in [0, 0.1) is 0 Å². The average Bonchev–Trinajstić information content (AvgIpc) is 1.81. The van der Waals surface area contributed by atoms with E-state index in [1.54, 1.807) is 12.4 Å². The summed E-state index contributed by atoms with van der Waals surface area (Å²) in [6.45, 7) is 5.27. The highest BCUT2D eigenvalue weighted by Crippen LogP contribution is 1.74. The van der Waals surface area contributed by atoms with E-state index in [2.05, 4.69) is 16.7 Å². The Morgan fingerprint density at radius 2 is 2.11 bits per heavy atom. The minimum absolute atomic E-state index is 0. The van der Waals surface area contributed by atoms with Crippen LogP contribution in [0.5, 0.6) is 0 Å². The molecule has 0 rings (SSSR count). The minimum atomic E-state index is 0. The van der Waals surface area contributed by atoms with Crippen molar-refractivity contribution < 1.29 is 0 Å². The summed E-state index contributed by atoms with van der Waals surface area (Å²) in [6.07, 6.45) is 5.92. The van der Waals surface area contributed by atoms with Gasteiger partial charge in [-0.3, -0.25) is 9.98 Å². The third kappa shape index (κ3) is 11.1. The van der Waals surface area contributed by atoms with Gasteiger partial charge in [-0.25, -0.2) is 0 Å². The van der Waals surface area contributed by atoms with E-state index in [4.69, 9.17) is 0 Å². The van der Waals surface area contributed by atoms with Crippen molar-refractivity contribution >= 4 is 25.3 Å². The normalized spacial score (nSPS) is 9.89. The monoisotopic (exact) mass is 146 g/mol. The number of hydrogen-bond acceptors (Lipinski definition) is 2. The molecule has 3 heteroatoms. The van der Waals surface area contributed by atoms with Crippen LogP contribution in [0.4, 0.5) is 0 Å². The Morgan fingerprint density at radius 1 is 1.44 bits per heavy atom. The first kappa shape index (κ1) is 11.2. The Balaban J connectivity index is 0. The summed E-state index contributed by atoms with van der Waals surface area (Å²) in [5.41, 5.74) is 0. The fourth-order valence-corrected chi connectivity index (χ4v) is 0.252. The Hall–Kier alpha value is -0.630. The van der Waals surface area contributed by atoms with Crippen molar-refractivity contribution in [3.05, 3.63) is 12.4 Å². The SMILES string of the molecule is C=N/C=C\N=CCC.Cl. The van der Waals surface area contributed by atoms with Gasteiger partial charge < -0.3 is 0 Å². The molecule has 0 aliphatic carbocycles. The standard InChI is InChI=1S/C6H10N2.ClH/c1-3-4-8-6-5-7-2;/h4-6H,2-3H2,1H3;1H/b6-5-,8-4?;. The fraction of sp³-hybridized carbons (Fsp3) is 0.333. The van der Waals surface area contributed by atoms with Crippen molar-refractivity contribution in [1.82, 2.24) is 0 Å². The van der Waals surface area contributed by atoms with Crippen LogP contribution in [-0.4, -0.2) is 12.9 Å². The summed E-state index contributed by atoms with van der Waals surface area (Å²) in [5.74, 6) is 0. The van der Waals surface area contributed by atoms with Crippen molar-refractivity contribution in [2.45, 2.75) is 13.3 Å². The van der Waals surface area contributed by atoms with Gasteiger partial charge in [0.25, 0.3) is 0 Å². The number of hydrogen-bond donors (Lipinski definition) is 0. The summed E-state index contributed by atoms with van der Waals surface area (Å²) in [6, 6.07) is 0. The Morgan fingerprint density at radius 3 is 2.56 bits per heavy atom. The average molecular weight is 147 g/mol. The van der Waals surface area contributed by atoms with E-state index < -0.39 is 0 Å². The van der Waals surface area contributed by atoms with Gasteiger partial charge in [0, 0.05) is 18.6 Å². The molecule has 9 heavy (non-hydrogen) atoms. The van der Waals surface area contributed by atoms with Crippen LogP contribution in [0.3, 0.4) is 0 Å². The van der Waals surface area contributed by atoms with E-state index in [1.807, 2.05) is 13.1 Å². The lowest BCUT2D eigenvalue weighted by Crippen LogP contribution is -1.61. The van der Waals surface area contributed by atoms with Crippen LogP contribution in [0.15, 0.2) is 22.4 Å². The molecule has 0 N–H and O–H groups in total. The predicted octanol–water partition coefficient (Wildman–Crippen LogP) is 2.06. The third-order valence-corrected chi connectivity index (χ3v) is 0.546. The molecular weight excluding hydrogens is 136 g/mol. The van der Waals surface area contributed by atoms with Gasteiger partial charge in [0.15, 0.2) is 0 Å². The zero-order chi connectivity index (χ0) is 6.24. The smallest absolute Gasteiger partial charge is 0.0446 e.